The summed E-state index contributed by atoms with van der Waals surface area (Å²) < 4.78 is 0. The van der Waals surface area contributed by atoms with E-state index < -0.39 is 0 Å². The molecule has 16 heavy (non-hydrogen) atoms. The number of nitrogens with one attached hydrogen (secondary N) is 1. The molecule has 0 aromatic heterocycles. The molecule has 0 saturated heterocycles. The van der Waals surface area contributed by atoms with Gasteiger partial charge >= 0.3 is 0 Å². The molecule has 1 aromatic rings. The van der Waals surface area contributed by atoms with Crippen molar-refractivity contribution >= 4 is 11.4 Å². The van der Waals surface area contributed by atoms with E-state index in [9.17, 15) is 0 Å². The summed E-state index contributed by atoms with van der Waals surface area (Å²) in [5.41, 5.74) is 3.97. The number of anilines is 2. The summed E-state index contributed by atoms with van der Waals surface area (Å²) in [6.45, 7) is 2.20. The lowest BCUT2D eigenvalue weighted by Crippen LogP contribution is -2.17. The highest BCUT2D eigenvalue weighted by Crippen LogP contribution is 2.28. The lowest BCUT2D eigenvalue weighted by Gasteiger charge is -2.21. The predicted octanol–water partition coefficient (Wildman–Crippen LogP) is 3.42. The van der Waals surface area contributed by atoms with Crippen molar-refractivity contribution in [3.63, 3.8) is 0 Å². The van der Waals surface area contributed by atoms with Crippen LogP contribution in [-0.4, -0.2) is 20.1 Å². The average Bonchev–Trinajstić information content (AvgIpc) is 2.73. The zero-order valence-electron chi connectivity index (χ0n) is 10.6. The summed E-state index contributed by atoms with van der Waals surface area (Å²) in [5.74, 6) is 0. The van der Waals surface area contributed by atoms with Crippen molar-refractivity contribution in [1.29, 1.82) is 0 Å². The van der Waals surface area contributed by atoms with Crippen molar-refractivity contribution in [3.8, 4) is 0 Å². The van der Waals surface area contributed by atoms with Gasteiger partial charge in [0.25, 0.3) is 0 Å². The molecule has 1 fully saturated rings. The predicted molar refractivity (Wildman–Crippen MR) is 71.4 cm³/mol. The zero-order valence-corrected chi connectivity index (χ0v) is 10.6. The number of hydrogen-bond acceptors (Lipinski definition) is 2. The minimum atomic E-state index is 0.691. The highest BCUT2D eigenvalue weighted by molar-refractivity contribution is 5.65. The summed E-state index contributed by atoms with van der Waals surface area (Å²) in [4.78, 5) is 2.18. The summed E-state index contributed by atoms with van der Waals surface area (Å²) in [5, 5.41) is 3.68. The normalized spacial score (nSPS) is 16.4. The topological polar surface area (TPSA) is 15.3 Å². The van der Waals surface area contributed by atoms with Crippen LogP contribution in [0.15, 0.2) is 18.2 Å². The lowest BCUT2D eigenvalue weighted by molar-refractivity contribution is 0.754. The van der Waals surface area contributed by atoms with E-state index in [2.05, 4.69) is 49.4 Å². The fraction of sp³-hybridized carbons (Fsp3) is 0.571. The monoisotopic (exact) mass is 218 g/mol. The molecule has 0 heterocycles. The van der Waals surface area contributed by atoms with Gasteiger partial charge in [-0.15, -0.1) is 0 Å². The Balaban J connectivity index is 2.17. The first-order valence-electron chi connectivity index (χ1n) is 6.22. The third-order valence-corrected chi connectivity index (χ3v) is 3.50. The number of nitrogens with zero attached hydrogens (tertiary/aromatic N) is 1. The maximum absolute atomic E-state index is 3.68. The molecule has 1 N–H and O–H groups in total. The van der Waals surface area contributed by atoms with Crippen molar-refractivity contribution < 1.29 is 0 Å². The molecule has 2 rings (SSSR count). The second kappa shape index (κ2) is 4.77. The van der Waals surface area contributed by atoms with Crippen LogP contribution in [0.5, 0.6) is 0 Å². The summed E-state index contributed by atoms with van der Waals surface area (Å²) >= 11 is 0. The Labute approximate surface area is 98.7 Å². The maximum Gasteiger partial charge on any atom is 0.0411 e. The van der Waals surface area contributed by atoms with Crippen molar-refractivity contribution in [1.82, 2.24) is 0 Å². The van der Waals surface area contributed by atoms with Gasteiger partial charge in [-0.1, -0.05) is 18.9 Å². The molecule has 0 atom stereocenters. The van der Waals surface area contributed by atoms with E-state index in [-0.39, 0.29) is 0 Å². The van der Waals surface area contributed by atoms with E-state index in [1.165, 1.54) is 42.6 Å². The van der Waals surface area contributed by atoms with Crippen LogP contribution in [0.4, 0.5) is 11.4 Å². The van der Waals surface area contributed by atoms with Crippen LogP contribution >= 0.6 is 0 Å². The average molecular weight is 218 g/mol. The summed E-state index contributed by atoms with van der Waals surface area (Å²) in [6.07, 6.45) is 5.41. The third-order valence-electron chi connectivity index (χ3n) is 3.50. The largest absolute Gasteiger partial charge is 0.382 e. The van der Waals surface area contributed by atoms with Gasteiger partial charge in [0.05, 0.1) is 0 Å². The molecule has 88 valence electrons. The molecule has 1 aliphatic carbocycles. The van der Waals surface area contributed by atoms with E-state index in [1.807, 2.05) is 0 Å². The van der Waals surface area contributed by atoms with Gasteiger partial charge in [0, 0.05) is 31.5 Å². The maximum atomic E-state index is 3.68. The zero-order chi connectivity index (χ0) is 11.5. The number of hydrogen-bond donors (Lipinski definition) is 1. The van der Waals surface area contributed by atoms with Crippen LogP contribution in [0.3, 0.4) is 0 Å². The SMILES string of the molecule is Cc1c(NC2CCCC2)cccc1N(C)C. The summed E-state index contributed by atoms with van der Waals surface area (Å²) in [6, 6.07) is 7.20. The van der Waals surface area contributed by atoms with E-state index in [0.29, 0.717) is 6.04 Å². The Morgan fingerprint density at radius 1 is 1.19 bits per heavy atom. The number of benzene rings is 1. The number of rotatable bonds is 3. The van der Waals surface area contributed by atoms with E-state index >= 15 is 0 Å². The Kier molecular flexibility index (Phi) is 3.37. The summed E-state index contributed by atoms with van der Waals surface area (Å²) in [7, 11) is 4.20. The molecule has 1 aliphatic rings. The quantitative estimate of drug-likeness (QED) is 0.836. The van der Waals surface area contributed by atoms with Crippen LogP contribution in [-0.2, 0) is 0 Å². The van der Waals surface area contributed by atoms with Crippen LogP contribution in [0, 0.1) is 6.92 Å². The standard InChI is InChI=1S/C14H22N2/c1-11-13(15-12-7-4-5-8-12)9-6-10-14(11)16(2)3/h6,9-10,12,15H,4-5,7-8H2,1-3H3. The van der Waals surface area contributed by atoms with Gasteiger partial charge in [-0.05, 0) is 37.5 Å². The fourth-order valence-electron chi connectivity index (χ4n) is 2.55. The lowest BCUT2D eigenvalue weighted by atomic mass is 10.1. The van der Waals surface area contributed by atoms with Gasteiger partial charge in [0.2, 0.25) is 0 Å². The first kappa shape index (κ1) is 11.3. The van der Waals surface area contributed by atoms with Crippen molar-refractivity contribution in [2.24, 2.45) is 0 Å². The molecular formula is C14H22N2. The Morgan fingerprint density at radius 2 is 1.88 bits per heavy atom. The van der Waals surface area contributed by atoms with Gasteiger partial charge in [0.15, 0.2) is 0 Å². The highest BCUT2D eigenvalue weighted by atomic mass is 15.1. The second-order valence-electron chi connectivity index (χ2n) is 4.97. The molecule has 0 radical (unpaired) electrons. The minimum absolute atomic E-state index is 0.691. The first-order chi connectivity index (χ1) is 7.68. The van der Waals surface area contributed by atoms with Gasteiger partial charge in [-0.2, -0.15) is 0 Å². The Bertz CT molecular complexity index is 352. The molecule has 1 aromatic carbocycles. The van der Waals surface area contributed by atoms with Crippen LogP contribution in [0.2, 0.25) is 0 Å². The van der Waals surface area contributed by atoms with Crippen molar-refractivity contribution in [3.05, 3.63) is 23.8 Å². The molecule has 1 saturated carbocycles. The van der Waals surface area contributed by atoms with Crippen molar-refractivity contribution in [2.45, 2.75) is 38.6 Å². The van der Waals surface area contributed by atoms with E-state index in [1.54, 1.807) is 0 Å². The smallest absolute Gasteiger partial charge is 0.0411 e. The third kappa shape index (κ3) is 2.31. The van der Waals surface area contributed by atoms with E-state index in [4.69, 9.17) is 0 Å². The molecule has 2 nitrogen and oxygen atoms in total. The second-order valence-corrected chi connectivity index (χ2v) is 4.97. The van der Waals surface area contributed by atoms with Gasteiger partial charge in [-0.3, -0.25) is 0 Å². The Hall–Kier alpha value is -1.18. The fourth-order valence-corrected chi connectivity index (χ4v) is 2.55. The van der Waals surface area contributed by atoms with Gasteiger partial charge in [0.1, 0.15) is 0 Å². The molecule has 0 bridgehead atoms. The molecule has 0 unspecified atom stereocenters. The molecule has 2 heteroatoms. The molecule has 0 amide bonds. The van der Waals surface area contributed by atoms with Gasteiger partial charge in [-0.25, -0.2) is 0 Å². The Morgan fingerprint density at radius 3 is 2.50 bits per heavy atom. The first-order valence-corrected chi connectivity index (χ1v) is 6.22. The molecule has 0 spiro atoms. The molecule has 0 aliphatic heterocycles. The van der Waals surface area contributed by atoms with Gasteiger partial charge < -0.3 is 10.2 Å². The van der Waals surface area contributed by atoms with Crippen LogP contribution in [0.1, 0.15) is 31.2 Å². The van der Waals surface area contributed by atoms with E-state index in [0.717, 1.165) is 0 Å². The minimum Gasteiger partial charge on any atom is -0.382 e. The van der Waals surface area contributed by atoms with Crippen molar-refractivity contribution in [2.75, 3.05) is 24.3 Å². The van der Waals surface area contributed by atoms with Crippen LogP contribution in [0.25, 0.3) is 0 Å². The highest BCUT2D eigenvalue weighted by Gasteiger charge is 2.15. The van der Waals surface area contributed by atoms with Crippen LogP contribution < -0.4 is 10.2 Å². The molecular weight excluding hydrogens is 196 g/mol.